The average molecular weight is 257 g/mol. The normalized spacial score (nSPS) is 10.0. The van der Waals surface area contributed by atoms with Crippen LogP contribution in [0.3, 0.4) is 0 Å². The summed E-state index contributed by atoms with van der Waals surface area (Å²) in [5.41, 5.74) is 0.215. The number of halogens is 1. The number of aromatic carboxylic acids is 1. The number of carbonyl (C=O) groups is 2. The van der Waals surface area contributed by atoms with Crippen molar-refractivity contribution < 1.29 is 14.7 Å². The first-order valence-corrected chi connectivity index (χ1v) is 5.45. The summed E-state index contributed by atoms with van der Waals surface area (Å²) in [5, 5.41) is 14.6. The van der Waals surface area contributed by atoms with Crippen LogP contribution in [0.5, 0.6) is 0 Å². The minimum Gasteiger partial charge on any atom is -0.478 e. The lowest BCUT2D eigenvalue weighted by Gasteiger charge is -2.09. The summed E-state index contributed by atoms with van der Waals surface area (Å²) in [5.74, 6) is -1.42. The number of likely N-dealkylation sites (N-methyl/N-ethyl adjacent to an activating group) is 1. The Kier molecular flexibility index (Phi) is 4.93. The highest BCUT2D eigenvalue weighted by molar-refractivity contribution is 6.31. The van der Waals surface area contributed by atoms with Crippen LogP contribution in [0.4, 0.5) is 5.69 Å². The van der Waals surface area contributed by atoms with Crippen LogP contribution in [-0.4, -0.2) is 30.1 Å². The van der Waals surface area contributed by atoms with Gasteiger partial charge in [0, 0.05) is 5.02 Å². The molecule has 0 atom stereocenters. The standard InChI is InChI=1S/C11H13ClN2O3/c1-2-13-6-10(15)14-9-5-7(12)3-4-8(9)11(16)17/h3-5,13H,2,6H2,1H3,(H,14,15)(H,16,17). The maximum absolute atomic E-state index is 11.4. The van der Waals surface area contributed by atoms with E-state index >= 15 is 0 Å². The van der Waals surface area contributed by atoms with Gasteiger partial charge in [0.2, 0.25) is 5.91 Å². The van der Waals surface area contributed by atoms with Crippen molar-refractivity contribution in [2.75, 3.05) is 18.4 Å². The molecule has 0 spiro atoms. The van der Waals surface area contributed by atoms with Crippen LogP contribution in [0, 0.1) is 0 Å². The zero-order chi connectivity index (χ0) is 12.8. The fraction of sp³-hybridized carbons (Fsp3) is 0.273. The van der Waals surface area contributed by atoms with Crippen LogP contribution < -0.4 is 10.6 Å². The Morgan fingerprint density at radius 2 is 2.12 bits per heavy atom. The van der Waals surface area contributed by atoms with Crippen LogP contribution in [0.2, 0.25) is 5.02 Å². The van der Waals surface area contributed by atoms with E-state index in [1.54, 1.807) is 0 Å². The Morgan fingerprint density at radius 1 is 1.41 bits per heavy atom. The van der Waals surface area contributed by atoms with E-state index < -0.39 is 5.97 Å². The number of rotatable bonds is 5. The number of carboxylic acid groups (broad SMARTS) is 1. The molecule has 0 fully saturated rings. The van der Waals surface area contributed by atoms with Crippen molar-refractivity contribution in [1.82, 2.24) is 5.32 Å². The van der Waals surface area contributed by atoms with Crippen molar-refractivity contribution in [2.24, 2.45) is 0 Å². The molecular formula is C11H13ClN2O3. The van der Waals surface area contributed by atoms with E-state index in [9.17, 15) is 9.59 Å². The van der Waals surface area contributed by atoms with E-state index in [4.69, 9.17) is 16.7 Å². The summed E-state index contributed by atoms with van der Waals surface area (Å²) in [6.07, 6.45) is 0. The second-order valence-corrected chi connectivity index (χ2v) is 3.76. The zero-order valence-electron chi connectivity index (χ0n) is 9.29. The molecule has 1 rings (SSSR count). The highest BCUT2D eigenvalue weighted by atomic mass is 35.5. The highest BCUT2D eigenvalue weighted by Gasteiger charge is 2.12. The molecule has 1 amide bonds. The van der Waals surface area contributed by atoms with Crippen molar-refractivity contribution in [1.29, 1.82) is 0 Å². The highest BCUT2D eigenvalue weighted by Crippen LogP contribution is 2.20. The molecule has 0 bridgehead atoms. The SMILES string of the molecule is CCNCC(=O)Nc1cc(Cl)ccc1C(=O)O. The number of carboxylic acids is 1. The molecule has 0 aromatic heterocycles. The third-order valence-corrected chi connectivity index (χ3v) is 2.26. The predicted octanol–water partition coefficient (Wildman–Crippen LogP) is 1.59. The molecule has 1 aromatic rings. The Labute approximate surface area is 104 Å². The summed E-state index contributed by atoms with van der Waals surface area (Å²) in [6.45, 7) is 2.66. The van der Waals surface area contributed by atoms with E-state index in [1.165, 1.54) is 18.2 Å². The van der Waals surface area contributed by atoms with Gasteiger partial charge in [0.15, 0.2) is 0 Å². The average Bonchev–Trinajstić information content (AvgIpc) is 2.26. The number of hydrogen-bond donors (Lipinski definition) is 3. The molecule has 0 aliphatic heterocycles. The molecule has 3 N–H and O–H groups in total. The molecular weight excluding hydrogens is 244 g/mol. The molecule has 0 aliphatic carbocycles. The molecule has 0 saturated heterocycles. The smallest absolute Gasteiger partial charge is 0.337 e. The maximum atomic E-state index is 11.4. The minimum absolute atomic E-state index is 0.0132. The Balaban J connectivity index is 2.85. The van der Waals surface area contributed by atoms with E-state index in [0.29, 0.717) is 11.6 Å². The summed E-state index contributed by atoms with van der Waals surface area (Å²) >= 11 is 5.75. The van der Waals surface area contributed by atoms with Crippen molar-refractivity contribution in [2.45, 2.75) is 6.92 Å². The van der Waals surface area contributed by atoms with Gasteiger partial charge in [0.05, 0.1) is 17.8 Å². The molecule has 17 heavy (non-hydrogen) atoms. The quantitative estimate of drug-likeness (QED) is 0.748. The maximum Gasteiger partial charge on any atom is 0.337 e. The van der Waals surface area contributed by atoms with Gasteiger partial charge in [-0.1, -0.05) is 18.5 Å². The Morgan fingerprint density at radius 3 is 2.71 bits per heavy atom. The van der Waals surface area contributed by atoms with Crippen LogP contribution in [-0.2, 0) is 4.79 Å². The van der Waals surface area contributed by atoms with Gasteiger partial charge in [-0.25, -0.2) is 4.79 Å². The van der Waals surface area contributed by atoms with Gasteiger partial charge in [-0.05, 0) is 24.7 Å². The summed E-state index contributed by atoms with van der Waals surface area (Å²) in [4.78, 5) is 22.4. The first kappa shape index (κ1) is 13.5. The number of nitrogens with one attached hydrogen (secondary N) is 2. The van der Waals surface area contributed by atoms with E-state index in [0.717, 1.165) is 0 Å². The predicted molar refractivity (Wildman–Crippen MR) is 65.6 cm³/mol. The van der Waals surface area contributed by atoms with E-state index in [1.807, 2.05) is 6.92 Å². The first-order valence-electron chi connectivity index (χ1n) is 5.08. The molecule has 0 aliphatic rings. The number of carbonyl (C=O) groups excluding carboxylic acids is 1. The zero-order valence-corrected chi connectivity index (χ0v) is 10.0. The first-order chi connectivity index (χ1) is 8.04. The molecule has 0 radical (unpaired) electrons. The fourth-order valence-corrected chi connectivity index (χ4v) is 1.41. The fourth-order valence-electron chi connectivity index (χ4n) is 1.24. The van der Waals surface area contributed by atoms with Gasteiger partial charge in [0.25, 0.3) is 0 Å². The summed E-state index contributed by atoms with van der Waals surface area (Å²) in [7, 11) is 0. The van der Waals surface area contributed by atoms with Crippen LogP contribution >= 0.6 is 11.6 Å². The molecule has 0 saturated carbocycles. The van der Waals surface area contributed by atoms with E-state index in [2.05, 4.69) is 10.6 Å². The number of hydrogen-bond acceptors (Lipinski definition) is 3. The second kappa shape index (κ2) is 6.22. The van der Waals surface area contributed by atoms with Crippen molar-refractivity contribution in [3.8, 4) is 0 Å². The third kappa shape index (κ3) is 4.05. The second-order valence-electron chi connectivity index (χ2n) is 3.32. The van der Waals surface area contributed by atoms with Crippen LogP contribution in [0.25, 0.3) is 0 Å². The van der Waals surface area contributed by atoms with Gasteiger partial charge in [-0.3, -0.25) is 4.79 Å². The van der Waals surface area contributed by atoms with Gasteiger partial charge in [-0.15, -0.1) is 0 Å². The Bertz CT molecular complexity index is 435. The van der Waals surface area contributed by atoms with Crippen molar-refractivity contribution >= 4 is 29.2 Å². The topological polar surface area (TPSA) is 78.4 Å². The number of benzene rings is 1. The minimum atomic E-state index is -1.11. The molecule has 0 heterocycles. The van der Waals surface area contributed by atoms with Crippen molar-refractivity contribution in [3.05, 3.63) is 28.8 Å². The lowest BCUT2D eigenvalue weighted by Crippen LogP contribution is -2.28. The summed E-state index contributed by atoms with van der Waals surface area (Å²) in [6, 6.07) is 4.23. The molecule has 6 heteroatoms. The lowest BCUT2D eigenvalue weighted by atomic mass is 10.2. The number of anilines is 1. The molecule has 0 unspecified atom stereocenters. The van der Waals surface area contributed by atoms with Gasteiger partial charge in [-0.2, -0.15) is 0 Å². The van der Waals surface area contributed by atoms with Crippen molar-refractivity contribution in [3.63, 3.8) is 0 Å². The monoisotopic (exact) mass is 256 g/mol. The molecule has 92 valence electrons. The van der Waals surface area contributed by atoms with Gasteiger partial charge in [0.1, 0.15) is 0 Å². The van der Waals surface area contributed by atoms with E-state index in [-0.39, 0.29) is 23.7 Å². The van der Waals surface area contributed by atoms with Gasteiger partial charge >= 0.3 is 5.97 Å². The number of amides is 1. The third-order valence-electron chi connectivity index (χ3n) is 2.02. The largest absolute Gasteiger partial charge is 0.478 e. The van der Waals surface area contributed by atoms with Crippen LogP contribution in [0.1, 0.15) is 17.3 Å². The molecule has 5 nitrogen and oxygen atoms in total. The van der Waals surface area contributed by atoms with Crippen LogP contribution in [0.15, 0.2) is 18.2 Å². The van der Waals surface area contributed by atoms with Gasteiger partial charge < -0.3 is 15.7 Å². The lowest BCUT2D eigenvalue weighted by molar-refractivity contribution is -0.115. The Hall–Kier alpha value is -1.59. The summed E-state index contributed by atoms with van der Waals surface area (Å²) < 4.78 is 0. The molecule has 1 aromatic carbocycles.